The topological polar surface area (TPSA) is 66.8 Å². The molecular formula is C17H22ClNO4. The summed E-state index contributed by atoms with van der Waals surface area (Å²) >= 11 is 5.87. The van der Waals surface area contributed by atoms with Gasteiger partial charge in [-0.1, -0.05) is 23.7 Å². The third-order valence-corrected chi connectivity index (χ3v) is 3.99. The lowest BCUT2D eigenvalue weighted by Gasteiger charge is -2.26. The van der Waals surface area contributed by atoms with Gasteiger partial charge in [-0.2, -0.15) is 0 Å². The zero-order chi connectivity index (χ0) is 17.2. The fourth-order valence-electron chi connectivity index (χ4n) is 2.78. The van der Waals surface area contributed by atoms with Gasteiger partial charge in [0.05, 0.1) is 0 Å². The number of hydrogen-bond acceptors (Lipinski definition) is 3. The normalized spacial score (nSPS) is 21.3. The van der Waals surface area contributed by atoms with Crippen LogP contribution in [-0.2, 0) is 16.0 Å². The number of nitrogens with zero attached hydrogens (tertiary/aromatic N) is 1. The standard InChI is InChI=1S/C17H22ClNO4/c1-17(2,3)23-16(22)19-10-12(9-14(19)15(20)21)8-11-4-6-13(18)7-5-11/h4-7,12,14H,8-10H2,1-3H3,(H,20,21)/t12-,14+/m1/s1. The summed E-state index contributed by atoms with van der Waals surface area (Å²) in [4.78, 5) is 25.0. The first-order chi connectivity index (χ1) is 10.7. The van der Waals surface area contributed by atoms with Gasteiger partial charge in [0.25, 0.3) is 0 Å². The Morgan fingerprint density at radius 3 is 2.43 bits per heavy atom. The van der Waals surface area contributed by atoms with Crippen LogP contribution in [0.15, 0.2) is 24.3 Å². The van der Waals surface area contributed by atoms with Gasteiger partial charge in [-0.15, -0.1) is 0 Å². The Morgan fingerprint density at radius 2 is 1.91 bits per heavy atom. The Bertz CT molecular complexity index is 579. The van der Waals surface area contributed by atoms with E-state index in [1.54, 1.807) is 20.8 Å². The molecule has 0 bridgehead atoms. The van der Waals surface area contributed by atoms with Crippen molar-refractivity contribution in [3.05, 3.63) is 34.9 Å². The van der Waals surface area contributed by atoms with Crippen LogP contribution in [0.5, 0.6) is 0 Å². The van der Waals surface area contributed by atoms with Crippen molar-refractivity contribution in [2.24, 2.45) is 5.92 Å². The zero-order valence-corrected chi connectivity index (χ0v) is 14.3. The van der Waals surface area contributed by atoms with E-state index >= 15 is 0 Å². The molecule has 0 saturated carbocycles. The molecule has 1 saturated heterocycles. The number of halogens is 1. The highest BCUT2D eigenvalue weighted by Crippen LogP contribution is 2.28. The maximum atomic E-state index is 12.2. The highest BCUT2D eigenvalue weighted by atomic mass is 35.5. The minimum absolute atomic E-state index is 0.0878. The second kappa shape index (κ2) is 6.79. The molecular weight excluding hydrogens is 318 g/mol. The van der Waals surface area contributed by atoms with Crippen LogP contribution < -0.4 is 0 Å². The Morgan fingerprint density at radius 1 is 1.30 bits per heavy atom. The van der Waals surface area contributed by atoms with E-state index in [4.69, 9.17) is 16.3 Å². The van der Waals surface area contributed by atoms with Crippen molar-refractivity contribution < 1.29 is 19.4 Å². The molecule has 1 aliphatic rings. The van der Waals surface area contributed by atoms with Crippen LogP contribution in [0.2, 0.25) is 5.02 Å². The first-order valence-electron chi connectivity index (χ1n) is 7.62. The SMILES string of the molecule is CC(C)(C)OC(=O)N1C[C@H](Cc2ccc(Cl)cc2)C[C@H]1C(=O)O. The highest BCUT2D eigenvalue weighted by Gasteiger charge is 2.41. The molecule has 1 fully saturated rings. The van der Waals surface area contributed by atoms with Crippen LogP contribution in [0.3, 0.4) is 0 Å². The van der Waals surface area contributed by atoms with Crippen molar-refractivity contribution in [3.63, 3.8) is 0 Å². The number of ether oxygens (including phenoxy) is 1. The van der Waals surface area contributed by atoms with Gasteiger partial charge in [-0.25, -0.2) is 9.59 Å². The van der Waals surface area contributed by atoms with Gasteiger partial charge >= 0.3 is 12.1 Å². The number of amides is 1. The van der Waals surface area contributed by atoms with E-state index in [1.807, 2.05) is 24.3 Å². The van der Waals surface area contributed by atoms with Gasteiger partial charge in [-0.05, 0) is 57.2 Å². The second-order valence-corrected chi connectivity index (χ2v) is 7.36. The quantitative estimate of drug-likeness (QED) is 0.913. The summed E-state index contributed by atoms with van der Waals surface area (Å²) in [6.07, 6.45) is 0.570. The molecule has 2 atom stereocenters. The molecule has 1 aromatic rings. The molecule has 1 amide bonds. The minimum Gasteiger partial charge on any atom is -0.480 e. The lowest BCUT2D eigenvalue weighted by atomic mass is 9.97. The maximum absolute atomic E-state index is 12.2. The molecule has 126 valence electrons. The Labute approximate surface area is 141 Å². The molecule has 0 spiro atoms. The predicted octanol–water partition coefficient (Wildman–Crippen LogP) is 3.59. The molecule has 6 heteroatoms. The lowest BCUT2D eigenvalue weighted by molar-refractivity contribution is -0.142. The number of carboxylic acid groups (broad SMARTS) is 1. The molecule has 1 aliphatic heterocycles. The monoisotopic (exact) mass is 339 g/mol. The summed E-state index contributed by atoms with van der Waals surface area (Å²) < 4.78 is 5.32. The van der Waals surface area contributed by atoms with Crippen LogP contribution in [-0.4, -0.2) is 40.3 Å². The first-order valence-corrected chi connectivity index (χ1v) is 8.00. The minimum atomic E-state index is -0.991. The van der Waals surface area contributed by atoms with Crippen LogP contribution in [0.25, 0.3) is 0 Å². The number of carbonyl (C=O) groups excluding carboxylic acids is 1. The van der Waals surface area contributed by atoms with E-state index < -0.39 is 23.7 Å². The van der Waals surface area contributed by atoms with Crippen molar-refractivity contribution in [2.75, 3.05) is 6.54 Å². The van der Waals surface area contributed by atoms with Gasteiger partial charge in [0, 0.05) is 11.6 Å². The van der Waals surface area contributed by atoms with Crippen LogP contribution in [0.4, 0.5) is 4.79 Å². The lowest BCUT2D eigenvalue weighted by Crippen LogP contribution is -2.43. The third kappa shape index (κ3) is 4.86. The van der Waals surface area contributed by atoms with E-state index in [-0.39, 0.29) is 5.92 Å². The number of aliphatic carboxylic acids is 1. The third-order valence-electron chi connectivity index (χ3n) is 3.74. The first kappa shape index (κ1) is 17.6. The molecule has 23 heavy (non-hydrogen) atoms. The largest absolute Gasteiger partial charge is 0.480 e. The fraction of sp³-hybridized carbons (Fsp3) is 0.529. The van der Waals surface area contributed by atoms with E-state index in [1.165, 1.54) is 4.90 Å². The van der Waals surface area contributed by atoms with Gasteiger partial charge < -0.3 is 9.84 Å². The van der Waals surface area contributed by atoms with Gasteiger partial charge in [0.2, 0.25) is 0 Å². The molecule has 1 aromatic carbocycles. The number of hydrogen-bond donors (Lipinski definition) is 1. The summed E-state index contributed by atoms with van der Waals surface area (Å²) in [5.41, 5.74) is 0.434. The van der Waals surface area contributed by atoms with E-state index in [0.29, 0.717) is 24.4 Å². The number of benzene rings is 1. The van der Waals surface area contributed by atoms with Crippen LogP contribution in [0.1, 0.15) is 32.8 Å². The van der Waals surface area contributed by atoms with Crippen molar-refractivity contribution in [2.45, 2.75) is 45.3 Å². The summed E-state index contributed by atoms with van der Waals surface area (Å²) in [5, 5.41) is 10.0. The van der Waals surface area contributed by atoms with Crippen LogP contribution in [0, 0.1) is 5.92 Å². The maximum Gasteiger partial charge on any atom is 0.411 e. The average molecular weight is 340 g/mol. The van der Waals surface area contributed by atoms with Crippen molar-refractivity contribution in [3.8, 4) is 0 Å². The smallest absolute Gasteiger partial charge is 0.411 e. The number of carboxylic acids is 1. The van der Waals surface area contributed by atoms with E-state index in [9.17, 15) is 14.7 Å². The van der Waals surface area contributed by atoms with Crippen molar-refractivity contribution in [1.82, 2.24) is 4.90 Å². The predicted molar refractivity (Wildman–Crippen MR) is 87.6 cm³/mol. The Balaban J connectivity index is 2.06. The molecule has 1 N–H and O–H groups in total. The van der Waals surface area contributed by atoms with Gasteiger partial charge in [0.1, 0.15) is 11.6 Å². The molecule has 2 rings (SSSR count). The van der Waals surface area contributed by atoms with Crippen molar-refractivity contribution in [1.29, 1.82) is 0 Å². The Hall–Kier alpha value is -1.75. The summed E-state index contributed by atoms with van der Waals surface area (Å²) in [6, 6.07) is 6.64. The average Bonchev–Trinajstić information content (AvgIpc) is 2.84. The Kier molecular flexibility index (Phi) is 5.19. The number of rotatable bonds is 3. The highest BCUT2D eigenvalue weighted by molar-refractivity contribution is 6.30. The molecule has 0 unspecified atom stereocenters. The molecule has 0 aromatic heterocycles. The van der Waals surface area contributed by atoms with Gasteiger partial charge in [0.15, 0.2) is 0 Å². The number of likely N-dealkylation sites (tertiary alicyclic amines) is 1. The molecule has 5 nitrogen and oxygen atoms in total. The molecule has 0 aliphatic carbocycles. The van der Waals surface area contributed by atoms with E-state index in [0.717, 1.165) is 5.56 Å². The van der Waals surface area contributed by atoms with Gasteiger partial charge in [-0.3, -0.25) is 4.90 Å². The zero-order valence-electron chi connectivity index (χ0n) is 13.6. The number of carbonyl (C=O) groups is 2. The summed E-state index contributed by atoms with van der Waals surface area (Å²) in [6.45, 7) is 5.68. The van der Waals surface area contributed by atoms with Crippen LogP contribution >= 0.6 is 11.6 Å². The van der Waals surface area contributed by atoms with E-state index in [2.05, 4.69) is 0 Å². The molecule has 0 radical (unpaired) electrons. The summed E-state index contributed by atoms with van der Waals surface area (Å²) in [7, 11) is 0. The summed E-state index contributed by atoms with van der Waals surface area (Å²) in [5.74, 6) is -0.903. The molecule has 1 heterocycles. The fourth-order valence-corrected chi connectivity index (χ4v) is 2.91. The van der Waals surface area contributed by atoms with Crippen molar-refractivity contribution >= 4 is 23.7 Å². The second-order valence-electron chi connectivity index (χ2n) is 6.92.